The zero-order chi connectivity index (χ0) is 31.7. The van der Waals surface area contributed by atoms with Crippen molar-refractivity contribution in [2.24, 2.45) is 10.9 Å². The molecule has 1 saturated carbocycles. The Morgan fingerprint density at radius 1 is 1.19 bits per heavy atom. The lowest BCUT2D eigenvalue weighted by Gasteiger charge is -2.44. The molecular formula is C31H34ClF2N5O4. The number of halogens is 3. The van der Waals surface area contributed by atoms with Crippen LogP contribution in [0.5, 0.6) is 0 Å². The van der Waals surface area contributed by atoms with Crippen LogP contribution >= 0.6 is 11.6 Å². The molecule has 1 aliphatic carbocycles. The number of guanidine groups is 1. The van der Waals surface area contributed by atoms with Gasteiger partial charge in [0.1, 0.15) is 5.60 Å². The van der Waals surface area contributed by atoms with E-state index < -0.39 is 53.4 Å². The number of amides is 3. The number of hydrogen-bond donors (Lipinski definition) is 2. The van der Waals surface area contributed by atoms with Crippen LogP contribution in [0.25, 0.3) is 0 Å². The number of nitrogens with one attached hydrogen (secondary N) is 2. The van der Waals surface area contributed by atoms with Gasteiger partial charge in [0.15, 0.2) is 0 Å². The number of anilines is 1. The van der Waals surface area contributed by atoms with E-state index in [4.69, 9.17) is 26.6 Å². The third kappa shape index (κ3) is 7.13. The molecule has 1 fully saturated rings. The van der Waals surface area contributed by atoms with Crippen molar-refractivity contribution in [1.82, 2.24) is 10.2 Å². The van der Waals surface area contributed by atoms with Gasteiger partial charge in [0.2, 0.25) is 11.9 Å². The monoisotopic (exact) mass is 613 g/mol. The summed E-state index contributed by atoms with van der Waals surface area (Å²) in [7, 11) is 0. The Balaban J connectivity index is 1.70. The molecule has 0 aromatic heterocycles. The first kappa shape index (κ1) is 31.9. The molecule has 0 saturated heterocycles. The molecule has 3 amide bonds. The number of nitrogens with zero attached hydrogens (tertiary/aromatic N) is 3. The molecule has 43 heavy (non-hydrogen) atoms. The summed E-state index contributed by atoms with van der Waals surface area (Å²) in [5.41, 5.74) is -0.909. The van der Waals surface area contributed by atoms with Crippen LogP contribution in [0.1, 0.15) is 81.8 Å². The van der Waals surface area contributed by atoms with E-state index in [1.54, 1.807) is 64.1 Å². The summed E-state index contributed by atoms with van der Waals surface area (Å²) in [6.07, 6.45) is -1.36. The van der Waals surface area contributed by atoms with Gasteiger partial charge in [-0.15, -0.1) is 0 Å². The lowest BCUT2D eigenvalue weighted by molar-refractivity contribution is -0.136. The molecule has 3 atom stereocenters. The van der Waals surface area contributed by atoms with Crippen molar-refractivity contribution in [3.8, 4) is 6.07 Å². The SMILES string of the molecule is C[C@@H]1C[C@H](N2C(=O)C[C@@](C)(c3cccc(NC(=O)c4cccc(C#N)c4)c3Cl)N=C2NC(=O)OC(C)(C)C)CCC1(F)F. The van der Waals surface area contributed by atoms with Gasteiger partial charge in [-0.05, 0) is 64.8 Å². The lowest BCUT2D eigenvalue weighted by Crippen LogP contribution is -2.59. The Labute approximate surface area is 254 Å². The van der Waals surface area contributed by atoms with Crippen LogP contribution in [0.2, 0.25) is 5.02 Å². The predicted octanol–water partition coefficient (Wildman–Crippen LogP) is 6.62. The summed E-state index contributed by atoms with van der Waals surface area (Å²) < 4.78 is 34.0. The minimum absolute atomic E-state index is 0.0275. The van der Waals surface area contributed by atoms with Crippen molar-refractivity contribution in [3.05, 3.63) is 64.2 Å². The second kappa shape index (κ2) is 11.9. The zero-order valence-corrected chi connectivity index (χ0v) is 25.4. The second-order valence-corrected chi connectivity index (χ2v) is 12.6. The van der Waals surface area contributed by atoms with E-state index in [9.17, 15) is 23.2 Å². The van der Waals surface area contributed by atoms with Gasteiger partial charge in [0, 0.05) is 29.5 Å². The maximum absolute atomic E-state index is 14.3. The van der Waals surface area contributed by atoms with Crippen LogP contribution in [-0.4, -0.2) is 46.3 Å². The molecule has 0 spiro atoms. The molecule has 1 heterocycles. The van der Waals surface area contributed by atoms with Gasteiger partial charge in [-0.25, -0.2) is 18.6 Å². The zero-order valence-electron chi connectivity index (χ0n) is 24.6. The Bertz CT molecular complexity index is 1520. The minimum atomic E-state index is -2.85. The van der Waals surface area contributed by atoms with Crippen molar-refractivity contribution < 1.29 is 27.9 Å². The molecule has 2 N–H and O–H groups in total. The fraction of sp³-hybridized carbons (Fsp3) is 0.452. The van der Waals surface area contributed by atoms with Gasteiger partial charge in [0.25, 0.3) is 11.8 Å². The van der Waals surface area contributed by atoms with E-state index in [1.807, 2.05) is 6.07 Å². The fourth-order valence-electron chi connectivity index (χ4n) is 5.35. The van der Waals surface area contributed by atoms with Crippen molar-refractivity contribution >= 4 is 41.2 Å². The van der Waals surface area contributed by atoms with Gasteiger partial charge in [-0.1, -0.05) is 36.7 Å². The molecule has 2 aliphatic rings. The maximum atomic E-state index is 14.3. The van der Waals surface area contributed by atoms with Gasteiger partial charge in [-0.3, -0.25) is 19.8 Å². The molecule has 2 aromatic carbocycles. The summed E-state index contributed by atoms with van der Waals surface area (Å²) in [6.45, 7) is 8.16. The van der Waals surface area contributed by atoms with Crippen molar-refractivity contribution in [3.63, 3.8) is 0 Å². The smallest absolute Gasteiger partial charge is 0.414 e. The van der Waals surface area contributed by atoms with Gasteiger partial charge in [0.05, 0.1) is 34.3 Å². The summed E-state index contributed by atoms with van der Waals surface area (Å²) in [4.78, 5) is 45.6. The number of aliphatic imine (C=N–C) groups is 1. The normalized spacial score (nSPS) is 23.6. The van der Waals surface area contributed by atoms with E-state index in [-0.39, 0.29) is 41.5 Å². The third-order valence-corrected chi connectivity index (χ3v) is 7.97. The van der Waals surface area contributed by atoms with E-state index in [2.05, 4.69) is 10.6 Å². The molecule has 4 rings (SSSR count). The molecule has 2 aromatic rings. The van der Waals surface area contributed by atoms with Crippen molar-refractivity contribution in [1.29, 1.82) is 5.26 Å². The van der Waals surface area contributed by atoms with Crippen LogP contribution in [0.3, 0.4) is 0 Å². The molecule has 9 nitrogen and oxygen atoms in total. The molecule has 0 radical (unpaired) electrons. The van der Waals surface area contributed by atoms with E-state index >= 15 is 0 Å². The topological polar surface area (TPSA) is 124 Å². The number of benzene rings is 2. The van der Waals surface area contributed by atoms with Crippen LogP contribution in [0.4, 0.5) is 19.3 Å². The number of rotatable bonds is 4. The summed E-state index contributed by atoms with van der Waals surface area (Å²) in [5.74, 6) is -4.86. The van der Waals surface area contributed by atoms with E-state index in [1.165, 1.54) is 17.9 Å². The minimum Gasteiger partial charge on any atom is -0.444 e. The fourth-order valence-corrected chi connectivity index (χ4v) is 5.72. The van der Waals surface area contributed by atoms with Gasteiger partial charge >= 0.3 is 6.09 Å². The van der Waals surface area contributed by atoms with Crippen LogP contribution in [-0.2, 0) is 15.1 Å². The standard InChI is InChI=1S/C31H34ClF2N5O4/c1-18-14-21(12-13-31(18,33)34)39-24(40)16-30(5,38-27(39)37-28(42)43-29(2,3)4)22-10-7-11-23(25(22)32)36-26(41)20-9-6-8-19(15-20)17-35/h6-11,15,18,21H,12-14,16H2,1-5H3,(H,36,41)(H,37,38,42)/t18-,21-,30+/m1/s1. The van der Waals surface area contributed by atoms with Crippen molar-refractivity contribution in [2.75, 3.05) is 5.32 Å². The predicted molar refractivity (Wildman–Crippen MR) is 158 cm³/mol. The number of alkyl carbamates (subject to hydrolysis) is 1. The quantitative estimate of drug-likeness (QED) is 0.401. The molecule has 1 aliphatic heterocycles. The number of alkyl halides is 2. The molecule has 12 heteroatoms. The largest absolute Gasteiger partial charge is 0.444 e. The Kier molecular flexibility index (Phi) is 8.84. The third-order valence-electron chi connectivity index (χ3n) is 7.56. The first-order valence-electron chi connectivity index (χ1n) is 13.9. The number of hydrogen-bond acceptors (Lipinski definition) is 6. The summed E-state index contributed by atoms with van der Waals surface area (Å²) in [6, 6.07) is 12.5. The van der Waals surface area contributed by atoms with Gasteiger partial charge < -0.3 is 10.1 Å². The van der Waals surface area contributed by atoms with Crippen molar-refractivity contribution in [2.45, 2.75) is 83.4 Å². The first-order chi connectivity index (χ1) is 20.0. The van der Waals surface area contributed by atoms with Crippen LogP contribution < -0.4 is 10.6 Å². The molecule has 0 unspecified atom stereocenters. The highest BCUT2D eigenvalue weighted by molar-refractivity contribution is 6.35. The van der Waals surface area contributed by atoms with Crippen LogP contribution in [0, 0.1) is 17.2 Å². The van der Waals surface area contributed by atoms with Crippen LogP contribution in [0.15, 0.2) is 47.5 Å². The molecule has 0 bridgehead atoms. The Hall–Kier alpha value is -4.04. The number of carbonyl (C=O) groups is 3. The number of carbonyl (C=O) groups excluding carboxylic acids is 3. The van der Waals surface area contributed by atoms with Gasteiger partial charge in [-0.2, -0.15) is 5.26 Å². The number of ether oxygens (including phenoxy) is 1. The molecule has 228 valence electrons. The van der Waals surface area contributed by atoms with E-state index in [0.717, 1.165) is 0 Å². The highest BCUT2D eigenvalue weighted by Crippen LogP contribution is 2.44. The first-order valence-corrected chi connectivity index (χ1v) is 14.3. The maximum Gasteiger partial charge on any atom is 0.414 e. The highest BCUT2D eigenvalue weighted by Gasteiger charge is 2.48. The average molecular weight is 614 g/mol. The summed E-state index contributed by atoms with van der Waals surface area (Å²) >= 11 is 6.79. The summed E-state index contributed by atoms with van der Waals surface area (Å²) in [5, 5.41) is 14.6. The lowest BCUT2D eigenvalue weighted by atomic mass is 9.81. The molecular weight excluding hydrogens is 580 g/mol. The second-order valence-electron chi connectivity index (χ2n) is 12.2. The number of nitriles is 1. The van der Waals surface area contributed by atoms with E-state index in [0.29, 0.717) is 11.1 Å². The Morgan fingerprint density at radius 2 is 1.88 bits per heavy atom. The highest BCUT2D eigenvalue weighted by atomic mass is 35.5. The average Bonchev–Trinajstić information content (AvgIpc) is 2.90. The Morgan fingerprint density at radius 3 is 2.53 bits per heavy atom.